The third-order valence-corrected chi connectivity index (χ3v) is 3.80. The van der Waals surface area contributed by atoms with Crippen molar-refractivity contribution in [2.75, 3.05) is 0 Å². The van der Waals surface area contributed by atoms with E-state index in [0.29, 0.717) is 12.4 Å². The van der Waals surface area contributed by atoms with E-state index < -0.39 is 5.97 Å². The Morgan fingerprint density at radius 1 is 1.35 bits per heavy atom. The summed E-state index contributed by atoms with van der Waals surface area (Å²) in [5, 5.41) is 13.3. The summed E-state index contributed by atoms with van der Waals surface area (Å²) in [5.41, 5.74) is 2.98. The van der Waals surface area contributed by atoms with Crippen molar-refractivity contribution < 1.29 is 9.90 Å². The molecule has 0 aliphatic carbocycles. The van der Waals surface area contributed by atoms with Gasteiger partial charge in [0.25, 0.3) is 5.56 Å². The first-order chi connectivity index (χ1) is 10.9. The highest BCUT2D eigenvalue weighted by Gasteiger charge is 2.15. The van der Waals surface area contributed by atoms with Crippen LogP contribution in [0.1, 0.15) is 48.8 Å². The van der Waals surface area contributed by atoms with Crippen LogP contribution in [0.5, 0.6) is 0 Å². The van der Waals surface area contributed by atoms with Gasteiger partial charge in [0.1, 0.15) is 0 Å². The van der Waals surface area contributed by atoms with E-state index in [0.717, 1.165) is 41.9 Å². The SMILES string of the molecule is CCCCc1cc(=O)[nH]c(-n2nc(C)c(CCC(=O)O)c2C)n1. The van der Waals surface area contributed by atoms with Gasteiger partial charge in [-0.05, 0) is 38.7 Å². The molecule has 0 saturated carbocycles. The minimum Gasteiger partial charge on any atom is -0.481 e. The number of aromatic amines is 1. The number of hydrogen-bond donors (Lipinski definition) is 2. The highest BCUT2D eigenvalue weighted by atomic mass is 16.4. The third kappa shape index (κ3) is 4.06. The first-order valence-corrected chi connectivity index (χ1v) is 7.80. The molecule has 0 fully saturated rings. The van der Waals surface area contributed by atoms with Crippen LogP contribution < -0.4 is 5.56 Å². The number of aliphatic carboxylic acids is 1. The lowest BCUT2D eigenvalue weighted by molar-refractivity contribution is -0.136. The maximum Gasteiger partial charge on any atom is 0.303 e. The lowest BCUT2D eigenvalue weighted by atomic mass is 10.1. The maximum atomic E-state index is 11.9. The van der Waals surface area contributed by atoms with Crippen LogP contribution in [-0.2, 0) is 17.6 Å². The Morgan fingerprint density at radius 3 is 2.74 bits per heavy atom. The van der Waals surface area contributed by atoms with E-state index in [2.05, 4.69) is 22.0 Å². The van der Waals surface area contributed by atoms with Crippen molar-refractivity contribution in [1.29, 1.82) is 0 Å². The summed E-state index contributed by atoms with van der Waals surface area (Å²) in [6.45, 7) is 5.78. The van der Waals surface area contributed by atoms with Crippen LogP contribution in [0.15, 0.2) is 10.9 Å². The molecule has 7 heteroatoms. The van der Waals surface area contributed by atoms with E-state index in [-0.39, 0.29) is 12.0 Å². The zero-order valence-electron chi connectivity index (χ0n) is 13.7. The average Bonchev–Trinajstić information content (AvgIpc) is 2.77. The number of carbonyl (C=O) groups is 1. The van der Waals surface area contributed by atoms with Crippen LogP contribution in [-0.4, -0.2) is 30.8 Å². The fourth-order valence-electron chi connectivity index (χ4n) is 2.56. The predicted molar refractivity (Wildman–Crippen MR) is 86.0 cm³/mol. The number of nitrogens with one attached hydrogen (secondary N) is 1. The van der Waals surface area contributed by atoms with Crippen LogP contribution in [0.2, 0.25) is 0 Å². The lowest BCUT2D eigenvalue weighted by Crippen LogP contribution is -2.16. The first-order valence-electron chi connectivity index (χ1n) is 7.80. The van der Waals surface area contributed by atoms with E-state index in [1.165, 1.54) is 6.07 Å². The molecule has 0 aliphatic heterocycles. The summed E-state index contributed by atoms with van der Waals surface area (Å²) < 4.78 is 1.59. The fourth-order valence-corrected chi connectivity index (χ4v) is 2.56. The van der Waals surface area contributed by atoms with Gasteiger partial charge in [0, 0.05) is 23.9 Å². The third-order valence-electron chi connectivity index (χ3n) is 3.80. The highest BCUT2D eigenvalue weighted by Crippen LogP contribution is 2.17. The molecule has 124 valence electrons. The quantitative estimate of drug-likeness (QED) is 0.812. The molecule has 2 aromatic rings. The highest BCUT2D eigenvalue weighted by molar-refractivity contribution is 5.67. The van der Waals surface area contributed by atoms with Gasteiger partial charge in [-0.15, -0.1) is 0 Å². The van der Waals surface area contributed by atoms with Gasteiger partial charge in [0.2, 0.25) is 5.95 Å². The number of H-pyrrole nitrogens is 1. The summed E-state index contributed by atoms with van der Waals surface area (Å²) in [4.78, 5) is 29.8. The minimum absolute atomic E-state index is 0.0495. The second kappa shape index (κ2) is 7.21. The zero-order valence-corrected chi connectivity index (χ0v) is 13.7. The molecule has 0 spiro atoms. The van der Waals surface area contributed by atoms with Crippen LogP contribution in [0.3, 0.4) is 0 Å². The van der Waals surface area contributed by atoms with E-state index in [1.54, 1.807) is 4.68 Å². The van der Waals surface area contributed by atoms with Gasteiger partial charge in [0.15, 0.2) is 0 Å². The number of hydrogen-bond acceptors (Lipinski definition) is 4. The van der Waals surface area contributed by atoms with Crippen molar-refractivity contribution >= 4 is 5.97 Å². The second-order valence-electron chi connectivity index (χ2n) is 5.62. The summed E-state index contributed by atoms with van der Waals surface area (Å²) in [6.07, 6.45) is 3.21. The smallest absolute Gasteiger partial charge is 0.303 e. The molecule has 2 N–H and O–H groups in total. The van der Waals surface area contributed by atoms with Crippen LogP contribution in [0.25, 0.3) is 5.95 Å². The van der Waals surface area contributed by atoms with E-state index in [4.69, 9.17) is 5.11 Å². The number of rotatable bonds is 7. The van der Waals surface area contributed by atoms with Crippen molar-refractivity contribution in [1.82, 2.24) is 19.7 Å². The van der Waals surface area contributed by atoms with Crippen LogP contribution in [0, 0.1) is 13.8 Å². The number of unbranched alkanes of at least 4 members (excludes halogenated alkanes) is 1. The van der Waals surface area contributed by atoms with Gasteiger partial charge in [-0.3, -0.25) is 14.6 Å². The fraction of sp³-hybridized carbons (Fsp3) is 0.500. The summed E-state index contributed by atoms with van der Waals surface area (Å²) >= 11 is 0. The number of aromatic nitrogens is 4. The lowest BCUT2D eigenvalue weighted by Gasteiger charge is -2.06. The number of carboxylic acid groups (broad SMARTS) is 1. The Morgan fingerprint density at radius 2 is 2.09 bits per heavy atom. The standard InChI is InChI=1S/C16H22N4O3/c1-4-5-6-12-9-14(21)18-16(17-12)20-11(3)13(10(2)19-20)7-8-15(22)23/h9H,4-8H2,1-3H3,(H,22,23)(H,17,18,21). The summed E-state index contributed by atoms with van der Waals surface area (Å²) in [5.74, 6) is -0.463. The van der Waals surface area contributed by atoms with Crippen molar-refractivity contribution in [2.45, 2.75) is 52.9 Å². The monoisotopic (exact) mass is 318 g/mol. The molecule has 23 heavy (non-hydrogen) atoms. The van der Waals surface area contributed by atoms with E-state index >= 15 is 0 Å². The molecule has 0 aliphatic rings. The molecule has 0 radical (unpaired) electrons. The molecule has 2 heterocycles. The zero-order chi connectivity index (χ0) is 17.0. The van der Waals surface area contributed by atoms with Crippen molar-refractivity contribution in [2.24, 2.45) is 0 Å². The van der Waals surface area contributed by atoms with Gasteiger partial charge in [0.05, 0.1) is 5.69 Å². The van der Waals surface area contributed by atoms with Crippen molar-refractivity contribution in [3.8, 4) is 5.95 Å². The molecule has 0 atom stereocenters. The Bertz CT molecular complexity index is 761. The Balaban J connectivity index is 2.38. The number of nitrogens with zero attached hydrogens (tertiary/aromatic N) is 3. The molecule has 0 unspecified atom stereocenters. The molecular weight excluding hydrogens is 296 g/mol. The van der Waals surface area contributed by atoms with Crippen molar-refractivity contribution in [3.05, 3.63) is 39.1 Å². The maximum absolute atomic E-state index is 11.9. The predicted octanol–water partition coefficient (Wildman–Crippen LogP) is 1.93. The van der Waals surface area contributed by atoms with Gasteiger partial charge in [-0.1, -0.05) is 13.3 Å². The van der Waals surface area contributed by atoms with Gasteiger partial charge >= 0.3 is 5.97 Å². The second-order valence-corrected chi connectivity index (χ2v) is 5.62. The van der Waals surface area contributed by atoms with Gasteiger partial charge in [-0.25, -0.2) is 9.67 Å². The number of aryl methyl sites for hydroxylation is 2. The Hall–Kier alpha value is -2.44. The topological polar surface area (TPSA) is 101 Å². The molecule has 7 nitrogen and oxygen atoms in total. The average molecular weight is 318 g/mol. The summed E-state index contributed by atoms with van der Waals surface area (Å²) in [6, 6.07) is 1.51. The summed E-state index contributed by atoms with van der Waals surface area (Å²) in [7, 11) is 0. The molecule has 0 aromatic carbocycles. The first kappa shape index (κ1) is 16.9. The van der Waals surface area contributed by atoms with Crippen molar-refractivity contribution in [3.63, 3.8) is 0 Å². The Labute approximate surface area is 134 Å². The van der Waals surface area contributed by atoms with Crippen LogP contribution in [0.4, 0.5) is 0 Å². The minimum atomic E-state index is -0.843. The molecule has 0 saturated heterocycles. The molecular formula is C16H22N4O3. The van der Waals surface area contributed by atoms with Gasteiger partial charge < -0.3 is 5.11 Å². The normalized spacial score (nSPS) is 10.9. The molecule has 2 rings (SSSR count). The Kier molecular flexibility index (Phi) is 5.31. The largest absolute Gasteiger partial charge is 0.481 e. The molecule has 0 bridgehead atoms. The van der Waals surface area contributed by atoms with E-state index in [9.17, 15) is 9.59 Å². The van der Waals surface area contributed by atoms with Crippen LogP contribution >= 0.6 is 0 Å². The molecule has 0 amide bonds. The van der Waals surface area contributed by atoms with E-state index in [1.807, 2.05) is 13.8 Å². The molecule has 2 aromatic heterocycles. The van der Waals surface area contributed by atoms with Gasteiger partial charge in [-0.2, -0.15) is 5.10 Å². The number of carboxylic acids is 1.